The third kappa shape index (κ3) is 3.48. The van der Waals surface area contributed by atoms with Crippen LogP contribution in [0, 0.1) is 12.8 Å². The zero-order chi connectivity index (χ0) is 13.7. The summed E-state index contributed by atoms with van der Waals surface area (Å²) < 4.78 is 11.1. The van der Waals surface area contributed by atoms with Crippen molar-refractivity contribution in [2.24, 2.45) is 5.92 Å². The van der Waals surface area contributed by atoms with Crippen LogP contribution in [-0.2, 0) is 4.74 Å². The van der Waals surface area contributed by atoms with Crippen molar-refractivity contribution in [1.82, 2.24) is 5.32 Å². The van der Waals surface area contributed by atoms with E-state index in [1.807, 2.05) is 0 Å². The number of hydrogen-bond acceptors (Lipinski definition) is 3. The largest absolute Gasteiger partial charge is 0.496 e. The van der Waals surface area contributed by atoms with Crippen molar-refractivity contribution in [3.05, 3.63) is 29.3 Å². The van der Waals surface area contributed by atoms with Gasteiger partial charge in [0.25, 0.3) is 0 Å². The topological polar surface area (TPSA) is 30.5 Å². The molecule has 3 nitrogen and oxygen atoms in total. The van der Waals surface area contributed by atoms with Crippen LogP contribution in [0.3, 0.4) is 0 Å². The third-order valence-electron chi connectivity index (χ3n) is 3.89. The summed E-state index contributed by atoms with van der Waals surface area (Å²) in [7, 11) is 1.76. The molecule has 1 saturated heterocycles. The molecule has 19 heavy (non-hydrogen) atoms. The van der Waals surface area contributed by atoms with Crippen molar-refractivity contribution in [3.63, 3.8) is 0 Å². The van der Waals surface area contributed by atoms with Gasteiger partial charge in [-0.1, -0.05) is 19.1 Å². The van der Waals surface area contributed by atoms with E-state index in [1.165, 1.54) is 11.1 Å². The van der Waals surface area contributed by atoms with E-state index in [0.29, 0.717) is 12.0 Å². The second-order valence-electron chi connectivity index (χ2n) is 5.23. The lowest BCUT2D eigenvalue weighted by Gasteiger charge is -2.32. The fraction of sp³-hybridized carbons (Fsp3) is 0.625. The minimum absolute atomic E-state index is 0.365. The van der Waals surface area contributed by atoms with Crippen LogP contribution >= 0.6 is 0 Å². The quantitative estimate of drug-likeness (QED) is 0.885. The first-order valence-corrected chi connectivity index (χ1v) is 7.22. The van der Waals surface area contributed by atoms with Gasteiger partial charge in [0.2, 0.25) is 0 Å². The van der Waals surface area contributed by atoms with Gasteiger partial charge in [-0.25, -0.2) is 0 Å². The standard InChI is InChI=1S/C16H25NO2/c1-4-17-16(13-7-9-19-10-8-13)14-6-5-12(2)11-15(14)18-3/h5-6,11,13,16-17H,4,7-10H2,1-3H3. The van der Waals surface area contributed by atoms with Crippen molar-refractivity contribution in [2.45, 2.75) is 32.7 Å². The van der Waals surface area contributed by atoms with Gasteiger partial charge in [0, 0.05) is 24.8 Å². The van der Waals surface area contributed by atoms with Crippen LogP contribution in [0.5, 0.6) is 5.75 Å². The molecule has 0 spiro atoms. The maximum Gasteiger partial charge on any atom is 0.123 e. The summed E-state index contributed by atoms with van der Waals surface area (Å²) in [5.74, 6) is 1.63. The summed E-state index contributed by atoms with van der Waals surface area (Å²) in [5.41, 5.74) is 2.52. The van der Waals surface area contributed by atoms with Gasteiger partial charge in [-0.2, -0.15) is 0 Å². The van der Waals surface area contributed by atoms with Gasteiger partial charge in [0.1, 0.15) is 5.75 Å². The fourth-order valence-electron chi connectivity index (χ4n) is 2.87. The molecule has 0 saturated carbocycles. The molecule has 0 radical (unpaired) electrons. The Labute approximate surface area is 116 Å². The molecule has 1 atom stereocenters. The lowest BCUT2D eigenvalue weighted by molar-refractivity contribution is 0.0535. The summed E-state index contributed by atoms with van der Waals surface area (Å²) in [6, 6.07) is 6.86. The minimum Gasteiger partial charge on any atom is -0.496 e. The molecule has 1 aliphatic rings. The zero-order valence-corrected chi connectivity index (χ0v) is 12.2. The number of aryl methyl sites for hydroxylation is 1. The molecule has 1 aliphatic heterocycles. The van der Waals surface area contributed by atoms with E-state index >= 15 is 0 Å². The second-order valence-corrected chi connectivity index (χ2v) is 5.23. The molecule has 1 unspecified atom stereocenters. The Bertz CT molecular complexity index is 400. The highest BCUT2D eigenvalue weighted by Gasteiger charge is 2.26. The van der Waals surface area contributed by atoms with E-state index in [2.05, 4.69) is 37.4 Å². The molecule has 1 N–H and O–H groups in total. The lowest BCUT2D eigenvalue weighted by Crippen LogP contribution is -2.32. The minimum atomic E-state index is 0.365. The Hall–Kier alpha value is -1.06. The molecular weight excluding hydrogens is 238 g/mol. The smallest absolute Gasteiger partial charge is 0.123 e. The molecule has 1 fully saturated rings. The van der Waals surface area contributed by atoms with Gasteiger partial charge in [-0.3, -0.25) is 0 Å². The van der Waals surface area contributed by atoms with Gasteiger partial charge >= 0.3 is 0 Å². The number of methoxy groups -OCH3 is 1. The molecule has 1 heterocycles. The molecular formula is C16H25NO2. The monoisotopic (exact) mass is 263 g/mol. The van der Waals surface area contributed by atoms with E-state index in [4.69, 9.17) is 9.47 Å². The highest BCUT2D eigenvalue weighted by molar-refractivity contribution is 5.39. The molecule has 0 amide bonds. The van der Waals surface area contributed by atoms with Crippen molar-refractivity contribution >= 4 is 0 Å². The van der Waals surface area contributed by atoms with E-state index < -0.39 is 0 Å². The Kier molecular flexibility index (Phi) is 5.23. The van der Waals surface area contributed by atoms with Crippen molar-refractivity contribution < 1.29 is 9.47 Å². The lowest BCUT2D eigenvalue weighted by atomic mass is 9.86. The number of ether oxygens (including phenoxy) is 2. The highest BCUT2D eigenvalue weighted by Crippen LogP contribution is 2.35. The average Bonchev–Trinajstić information content (AvgIpc) is 2.46. The fourth-order valence-corrected chi connectivity index (χ4v) is 2.87. The summed E-state index contributed by atoms with van der Waals surface area (Å²) in [5, 5.41) is 3.63. The van der Waals surface area contributed by atoms with E-state index in [-0.39, 0.29) is 0 Å². The van der Waals surface area contributed by atoms with E-state index in [0.717, 1.165) is 38.3 Å². The molecule has 0 bridgehead atoms. The van der Waals surface area contributed by atoms with Gasteiger partial charge in [-0.05, 0) is 43.9 Å². The van der Waals surface area contributed by atoms with Crippen LogP contribution < -0.4 is 10.1 Å². The van der Waals surface area contributed by atoms with Crippen molar-refractivity contribution in [1.29, 1.82) is 0 Å². The summed E-state index contributed by atoms with van der Waals surface area (Å²) in [6.45, 7) is 6.98. The van der Waals surface area contributed by atoms with Gasteiger partial charge in [-0.15, -0.1) is 0 Å². The Morgan fingerprint density at radius 3 is 2.74 bits per heavy atom. The first kappa shape index (κ1) is 14.4. The van der Waals surface area contributed by atoms with Crippen LogP contribution in [0.2, 0.25) is 0 Å². The van der Waals surface area contributed by atoms with Gasteiger partial charge < -0.3 is 14.8 Å². The SMILES string of the molecule is CCNC(c1ccc(C)cc1OC)C1CCOCC1. The zero-order valence-electron chi connectivity index (χ0n) is 12.2. The number of hydrogen-bond donors (Lipinski definition) is 1. The Morgan fingerprint density at radius 2 is 2.11 bits per heavy atom. The maximum absolute atomic E-state index is 5.57. The van der Waals surface area contributed by atoms with Crippen LogP contribution in [0.4, 0.5) is 0 Å². The van der Waals surface area contributed by atoms with Gasteiger partial charge in [0.05, 0.1) is 7.11 Å². The van der Waals surface area contributed by atoms with Crippen LogP contribution in [-0.4, -0.2) is 26.9 Å². The predicted molar refractivity (Wildman–Crippen MR) is 77.7 cm³/mol. The van der Waals surface area contributed by atoms with E-state index in [1.54, 1.807) is 7.11 Å². The van der Waals surface area contributed by atoms with Crippen molar-refractivity contribution in [3.8, 4) is 5.75 Å². The second kappa shape index (κ2) is 6.92. The summed E-state index contributed by atoms with van der Waals surface area (Å²) in [6.07, 6.45) is 2.24. The third-order valence-corrected chi connectivity index (χ3v) is 3.89. The number of rotatable bonds is 5. The van der Waals surface area contributed by atoms with Gasteiger partial charge in [0.15, 0.2) is 0 Å². The average molecular weight is 263 g/mol. The first-order valence-electron chi connectivity index (χ1n) is 7.22. The molecule has 106 valence electrons. The molecule has 1 aromatic rings. The summed E-state index contributed by atoms with van der Waals surface area (Å²) >= 11 is 0. The molecule has 1 aromatic carbocycles. The molecule has 0 aliphatic carbocycles. The molecule has 3 heteroatoms. The predicted octanol–water partition coefficient (Wildman–Crippen LogP) is 3.08. The molecule has 2 rings (SSSR count). The summed E-state index contributed by atoms with van der Waals surface area (Å²) in [4.78, 5) is 0. The highest BCUT2D eigenvalue weighted by atomic mass is 16.5. The number of nitrogens with one attached hydrogen (secondary N) is 1. The normalized spacial score (nSPS) is 18.3. The van der Waals surface area contributed by atoms with Crippen LogP contribution in [0.1, 0.15) is 36.9 Å². The Balaban J connectivity index is 2.26. The first-order chi connectivity index (χ1) is 9.26. The van der Waals surface area contributed by atoms with Crippen molar-refractivity contribution in [2.75, 3.05) is 26.9 Å². The Morgan fingerprint density at radius 1 is 1.37 bits per heavy atom. The van der Waals surface area contributed by atoms with E-state index in [9.17, 15) is 0 Å². The van der Waals surface area contributed by atoms with Crippen LogP contribution in [0.25, 0.3) is 0 Å². The number of benzene rings is 1. The maximum atomic E-state index is 5.57. The van der Waals surface area contributed by atoms with Crippen LogP contribution in [0.15, 0.2) is 18.2 Å². The molecule has 0 aromatic heterocycles.